The predicted molar refractivity (Wildman–Crippen MR) is 85.6 cm³/mol. The molecule has 1 amide bonds. The maximum Gasteiger partial charge on any atom is 0.238 e. The zero-order valence-electron chi connectivity index (χ0n) is 11.8. The SMILES string of the molecule is CC1CCC(CN)CN1CC(=O)Nc1ccc(Br)cc1. The van der Waals surface area contributed by atoms with Gasteiger partial charge in [0.15, 0.2) is 0 Å². The number of benzene rings is 1. The quantitative estimate of drug-likeness (QED) is 0.885. The van der Waals surface area contributed by atoms with Crippen LogP contribution in [0.1, 0.15) is 19.8 Å². The molecule has 1 heterocycles. The fourth-order valence-corrected chi connectivity index (χ4v) is 2.86. The molecular weight excluding hydrogens is 318 g/mol. The first-order valence-electron chi connectivity index (χ1n) is 7.08. The summed E-state index contributed by atoms with van der Waals surface area (Å²) in [6, 6.07) is 8.08. The standard InChI is InChI=1S/C15H22BrN3O/c1-11-2-3-12(8-17)9-19(11)10-15(20)18-14-6-4-13(16)5-7-14/h4-7,11-12H,2-3,8-10,17H2,1H3,(H,18,20). The van der Waals surface area contributed by atoms with Crippen LogP contribution in [0, 0.1) is 5.92 Å². The monoisotopic (exact) mass is 339 g/mol. The van der Waals surface area contributed by atoms with Crippen LogP contribution >= 0.6 is 15.9 Å². The molecule has 0 radical (unpaired) electrons. The number of nitrogens with two attached hydrogens (primary N) is 1. The minimum Gasteiger partial charge on any atom is -0.330 e. The van der Waals surface area contributed by atoms with Crippen molar-refractivity contribution in [3.63, 3.8) is 0 Å². The fourth-order valence-electron chi connectivity index (χ4n) is 2.59. The predicted octanol–water partition coefficient (Wildman–Crippen LogP) is 2.45. The van der Waals surface area contributed by atoms with Crippen LogP contribution in [0.3, 0.4) is 0 Å². The van der Waals surface area contributed by atoms with Crippen LogP contribution < -0.4 is 11.1 Å². The van der Waals surface area contributed by atoms with Crippen molar-refractivity contribution in [3.8, 4) is 0 Å². The summed E-state index contributed by atoms with van der Waals surface area (Å²) in [5.41, 5.74) is 6.58. The second-order valence-corrected chi connectivity index (χ2v) is 6.43. The van der Waals surface area contributed by atoms with Crippen molar-refractivity contribution in [1.29, 1.82) is 0 Å². The maximum absolute atomic E-state index is 12.1. The van der Waals surface area contributed by atoms with E-state index < -0.39 is 0 Å². The third-order valence-electron chi connectivity index (χ3n) is 3.92. The third-order valence-corrected chi connectivity index (χ3v) is 4.45. The van der Waals surface area contributed by atoms with E-state index in [1.807, 2.05) is 24.3 Å². The summed E-state index contributed by atoms with van der Waals surface area (Å²) in [7, 11) is 0. The molecule has 110 valence electrons. The van der Waals surface area contributed by atoms with Gasteiger partial charge in [0.2, 0.25) is 5.91 Å². The Morgan fingerprint density at radius 3 is 2.75 bits per heavy atom. The van der Waals surface area contributed by atoms with Gasteiger partial charge < -0.3 is 11.1 Å². The number of carbonyl (C=O) groups is 1. The van der Waals surface area contributed by atoms with Crippen LogP contribution in [0.25, 0.3) is 0 Å². The number of likely N-dealkylation sites (tertiary alicyclic amines) is 1. The molecule has 4 nitrogen and oxygen atoms in total. The van der Waals surface area contributed by atoms with Crippen molar-refractivity contribution in [2.24, 2.45) is 11.7 Å². The zero-order chi connectivity index (χ0) is 14.5. The molecule has 0 aliphatic carbocycles. The molecule has 2 rings (SSSR count). The molecule has 1 aliphatic heterocycles. The van der Waals surface area contributed by atoms with Crippen LogP contribution in [0.4, 0.5) is 5.69 Å². The van der Waals surface area contributed by atoms with Gasteiger partial charge in [0.25, 0.3) is 0 Å². The molecule has 2 unspecified atom stereocenters. The molecule has 0 bridgehead atoms. The average molecular weight is 340 g/mol. The normalized spacial score (nSPS) is 23.6. The second kappa shape index (κ2) is 7.20. The molecule has 1 aromatic rings. The Hall–Kier alpha value is -0.910. The van der Waals surface area contributed by atoms with E-state index in [1.165, 1.54) is 6.42 Å². The average Bonchev–Trinajstić information content (AvgIpc) is 2.44. The molecule has 5 heteroatoms. The van der Waals surface area contributed by atoms with Gasteiger partial charge in [0.1, 0.15) is 0 Å². The summed E-state index contributed by atoms with van der Waals surface area (Å²) in [6.07, 6.45) is 2.29. The Bertz CT molecular complexity index is 449. The number of nitrogens with one attached hydrogen (secondary N) is 1. The van der Waals surface area contributed by atoms with Gasteiger partial charge in [-0.25, -0.2) is 0 Å². The van der Waals surface area contributed by atoms with Gasteiger partial charge in [0, 0.05) is 22.7 Å². The van der Waals surface area contributed by atoms with Gasteiger partial charge in [-0.1, -0.05) is 15.9 Å². The molecule has 20 heavy (non-hydrogen) atoms. The highest BCUT2D eigenvalue weighted by atomic mass is 79.9. The Morgan fingerprint density at radius 2 is 2.10 bits per heavy atom. The molecule has 3 N–H and O–H groups in total. The van der Waals surface area contributed by atoms with Gasteiger partial charge in [-0.15, -0.1) is 0 Å². The number of nitrogens with zero attached hydrogens (tertiary/aromatic N) is 1. The lowest BCUT2D eigenvalue weighted by molar-refractivity contribution is -0.118. The Kier molecular flexibility index (Phi) is 5.57. The van der Waals surface area contributed by atoms with E-state index in [1.54, 1.807) is 0 Å². The van der Waals surface area contributed by atoms with E-state index in [-0.39, 0.29) is 5.91 Å². The van der Waals surface area contributed by atoms with Crippen molar-refractivity contribution in [1.82, 2.24) is 4.90 Å². The largest absolute Gasteiger partial charge is 0.330 e. The summed E-state index contributed by atoms with van der Waals surface area (Å²) in [6.45, 7) is 4.25. The number of hydrogen-bond donors (Lipinski definition) is 2. The molecule has 2 atom stereocenters. The van der Waals surface area contributed by atoms with Crippen molar-refractivity contribution in [3.05, 3.63) is 28.7 Å². The first kappa shape index (κ1) is 15.5. The number of carbonyl (C=O) groups excluding carboxylic acids is 1. The third kappa shape index (κ3) is 4.30. The molecule has 1 saturated heterocycles. The van der Waals surface area contributed by atoms with Gasteiger partial charge in [-0.05, 0) is 56.5 Å². The smallest absolute Gasteiger partial charge is 0.238 e. The molecular formula is C15H22BrN3O. The van der Waals surface area contributed by atoms with Crippen molar-refractivity contribution in [2.45, 2.75) is 25.8 Å². The van der Waals surface area contributed by atoms with Gasteiger partial charge in [-0.2, -0.15) is 0 Å². The highest BCUT2D eigenvalue weighted by molar-refractivity contribution is 9.10. The van der Waals surface area contributed by atoms with Gasteiger partial charge in [0.05, 0.1) is 6.54 Å². The number of hydrogen-bond acceptors (Lipinski definition) is 3. The van der Waals surface area contributed by atoms with E-state index in [0.29, 0.717) is 25.0 Å². The van der Waals surface area contributed by atoms with Crippen LogP contribution in [-0.2, 0) is 4.79 Å². The van der Waals surface area contributed by atoms with Crippen molar-refractivity contribution < 1.29 is 4.79 Å². The number of anilines is 1. The Morgan fingerprint density at radius 1 is 1.40 bits per heavy atom. The number of amides is 1. The van der Waals surface area contributed by atoms with Gasteiger partial charge >= 0.3 is 0 Å². The Balaban J connectivity index is 1.88. The number of rotatable bonds is 4. The van der Waals surface area contributed by atoms with Crippen molar-refractivity contribution in [2.75, 3.05) is 25.0 Å². The summed E-state index contributed by atoms with van der Waals surface area (Å²) in [4.78, 5) is 14.3. The molecule has 0 spiro atoms. The molecule has 0 saturated carbocycles. The van der Waals surface area contributed by atoms with E-state index in [4.69, 9.17) is 5.73 Å². The molecule has 1 aromatic carbocycles. The summed E-state index contributed by atoms with van der Waals surface area (Å²) >= 11 is 3.38. The Labute approximate surface area is 128 Å². The van der Waals surface area contributed by atoms with Crippen LogP contribution in [0.2, 0.25) is 0 Å². The summed E-state index contributed by atoms with van der Waals surface area (Å²) in [5.74, 6) is 0.559. The highest BCUT2D eigenvalue weighted by Gasteiger charge is 2.25. The van der Waals surface area contributed by atoms with Crippen LogP contribution in [0.5, 0.6) is 0 Å². The van der Waals surface area contributed by atoms with Crippen molar-refractivity contribution >= 4 is 27.5 Å². The van der Waals surface area contributed by atoms with E-state index >= 15 is 0 Å². The minimum atomic E-state index is 0.0387. The van der Waals surface area contributed by atoms with Crippen LogP contribution in [-0.4, -0.2) is 36.5 Å². The number of piperidine rings is 1. The maximum atomic E-state index is 12.1. The van der Waals surface area contributed by atoms with E-state index in [0.717, 1.165) is 23.1 Å². The second-order valence-electron chi connectivity index (χ2n) is 5.51. The fraction of sp³-hybridized carbons (Fsp3) is 0.533. The first-order chi connectivity index (χ1) is 9.58. The minimum absolute atomic E-state index is 0.0387. The molecule has 1 fully saturated rings. The highest BCUT2D eigenvalue weighted by Crippen LogP contribution is 2.21. The van der Waals surface area contributed by atoms with E-state index in [9.17, 15) is 4.79 Å². The van der Waals surface area contributed by atoms with E-state index in [2.05, 4.69) is 33.1 Å². The summed E-state index contributed by atoms with van der Waals surface area (Å²) in [5, 5.41) is 2.94. The lowest BCUT2D eigenvalue weighted by Crippen LogP contribution is -2.47. The van der Waals surface area contributed by atoms with Gasteiger partial charge in [-0.3, -0.25) is 9.69 Å². The molecule has 0 aromatic heterocycles. The lowest BCUT2D eigenvalue weighted by atomic mass is 9.93. The number of halogens is 1. The zero-order valence-corrected chi connectivity index (χ0v) is 13.4. The molecule has 1 aliphatic rings. The lowest BCUT2D eigenvalue weighted by Gasteiger charge is -2.37. The first-order valence-corrected chi connectivity index (χ1v) is 7.87. The van der Waals surface area contributed by atoms with Crippen LogP contribution in [0.15, 0.2) is 28.7 Å². The summed E-state index contributed by atoms with van der Waals surface area (Å²) < 4.78 is 1.01. The topological polar surface area (TPSA) is 58.4 Å².